The van der Waals surface area contributed by atoms with E-state index in [-0.39, 0.29) is 12.0 Å². The van der Waals surface area contributed by atoms with Crippen molar-refractivity contribution < 1.29 is 14.9 Å². The van der Waals surface area contributed by atoms with Crippen molar-refractivity contribution in [3.8, 4) is 5.75 Å². The first-order chi connectivity index (χ1) is 7.91. The van der Waals surface area contributed by atoms with Crippen LogP contribution in [0.15, 0.2) is 24.3 Å². The van der Waals surface area contributed by atoms with Gasteiger partial charge in [0.25, 0.3) is 0 Å². The number of benzene rings is 1. The zero-order valence-electron chi connectivity index (χ0n) is 10.9. The third kappa shape index (κ3) is 4.02. The van der Waals surface area contributed by atoms with Gasteiger partial charge in [0.05, 0.1) is 12.2 Å². The molecule has 0 heterocycles. The van der Waals surface area contributed by atoms with Crippen molar-refractivity contribution in [1.82, 2.24) is 0 Å². The summed E-state index contributed by atoms with van der Waals surface area (Å²) in [4.78, 5) is 0. The lowest BCUT2D eigenvalue weighted by molar-refractivity contribution is -0.00952. The lowest BCUT2D eigenvalue weighted by Crippen LogP contribution is -2.24. The quantitative estimate of drug-likeness (QED) is 0.828. The molecule has 0 aliphatic rings. The van der Waals surface area contributed by atoms with Gasteiger partial charge in [0, 0.05) is 0 Å². The number of hydrogen-bond acceptors (Lipinski definition) is 3. The van der Waals surface area contributed by atoms with Crippen molar-refractivity contribution >= 4 is 0 Å². The number of aliphatic hydroxyl groups is 2. The highest BCUT2D eigenvalue weighted by Crippen LogP contribution is 2.25. The van der Waals surface area contributed by atoms with Crippen LogP contribution in [0.5, 0.6) is 5.75 Å². The van der Waals surface area contributed by atoms with Gasteiger partial charge in [-0.3, -0.25) is 0 Å². The van der Waals surface area contributed by atoms with Crippen LogP contribution < -0.4 is 4.74 Å². The summed E-state index contributed by atoms with van der Waals surface area (Å²) in [6.07, 6.45) is -1.53. The van der Waals surface area contributed by atoms with Gasteiger partial charge in [-0.15, -0.1) is 0 Å². The normalized spacial score (nSPS) is 15.1. The zero-order chi connectivity index (χ0) is 13.0. The summed E-state index contributed by atoms with van der Waals surface area (Å²) in [5.74, 6) is 0.729. The number of aliphatic hydroxyl groups excluding tert-OH is 2. The fourth-order valence-electron chi connectivity index (χ4n) is 1.61. The minimum absolute atomic E-state index is 0.0136. The smallest absolute Gasteiger partial charge is 0.120 e. The molecule has 1 aromatic rings. The molecule has 0 amide bonds. The molecule has 1 aromatic carbocycles. The Balaban J connectivity index is 2.83. The van der Waals surface area contributed by atoms with Crippen molar-refractivity contribution in [1.29, 1.82) is 0 Å². The summed E-state index contributed by atoms with van der Waals surface area (Å²) in [6.45, 7) is 7.66. The Bertz CT molecular complexity index is 347. The lowest BCUT2D eigenvalue weighted by Gasteiger charge is -2.22. The van der Waals surface area contributed by atoms with Gasteiger partial charge in [0.2, 0.25) is 0 Å². The van der Waals surface area contributed by atoms with E-state index in [0.717, 1.165) is 0 Å². The first kappa shape index (κ1) is 14.0. The molecule has 0 saturated heterocycles. The maximum atomic E-state index is 10.0. The summed E-state index contributed by atoms with van der Waals surface area (Å²) in [5, 5.41) is 19.8. The van der Waals surface area contributed by atoms with Crippen molar-refractivity contribution in [3.63, 3.8) is 0 Å². The molecule has 17 heavy (non-hydrogen) atoms. The Labute approximate surface area is 103 Å². The van der Waals surface area contributed by atoms with Crippen LogP contribution in [0.4, 0.5) is 0 Å². The van der Waals surface area contributed by atoms with Crippen molar-refractivity contribution in [2.24, 2.45) is 5.92 Å². The number of ether oxygens (including phenoxy) is 1. The molecule has 3 nitrogen and oxygen atoms in total. The van der Waals surface area contributed by atoms with Crippen molar-refractivity contribution in [2.75, 3.05) is 0 Å². The molecule has 2 N–H and O–H groups in total. The Morgan fingerprint density at radius 2 is 1.71 bits per heavy atom. The molecule has 3 heteroatoms. The van der Waals surface area contributed by atoms with Crippen LogP contribution in [0.25, 0.3) is 0 Å². The molecule has 2 unspecified atom stereocenters. The van der Waals surface area contributed by atoms with E-state index in [0.29, 0.717) is 11.3 Å². The Kier molecular flexibility index (Phi) is 4.97. The molecular weight excluding hydrogens is 216 g/mol. The van der Waals surface area contributed by atoms with E-state index in [2.05, 4.69) is 0 Å². The summed E-state index contributed by atoms with van der Waals surface area (Å²) in [7, 11) is 0. The molecule has 2 atom stereocenters. The van der Waals surface area contributed by atoms with Crippen LogP contribution in [0.2, 0.25) is 0 Å². The highest BCUT2D eigenvalue weighted by molar-refractivity contribution is 5.30. The monoisotopic (exact) mass is 238 g/mol. The molecule has 0 fully saturated rings. The van der Waals surface area contributed by atoms with Crippen molar-refractivity contribution in [3.05, 3.63) is 29.8 Å². The topological polar surface area (TPSA) is 49.7 Å². The largest absolute Gasteiger partial charge is 0.491 e. The SMILES string of the molecule is CC(C)Oc1cccc(C(O)C(O)C(C)C)c1. The zero-order valence-corrected chi connectivity index (χ0v) is 10.9. The van der Waals surface area contributed by atoms with E-state index in [9.17, 15) is 10.2 Å². The van der Waals surface area contributed by atoms with Gasteiger partial charge >= 0.3 is 0 Å². The van der Waals surface area contributed by atoms with Crippen LogP contribution in [-0.4, -0.2) is 22.4 Å². The molecule has 0 aliphatic heterocycles. The molecule has 0 bridgehead atoms. The lowest BCUT2D eigenvalue weighted by atomic mass is 9.96. The predicted molar refractivity (Wildman–Crippen MR) is 68.0 cm³/mol. The van der Waals surface area contributed by atoms with Crippen LogP contribution in [0.1, 0.15) is 39.4 Å². The van der Waals surface area contributed by atoms with Gasteiger partial charge in [0.1, 0.15) is 11.9 Å². The second-order valence-electron chi connectivity index (χ2n) is 4.92. The van der Waals surface area contributed by atoms with E-state index in [1.807, 2.05) is 39.8 Å². The van der Waals surface area contributed by atoms with E-state index in [1.165, 1.54) is 0 Å². The molecule has 0 spiro atoms. The molecular formula is C14H22O3. The Morgan fingerprint density at radius 3 is 2.24 bits per heavy atom. The second kappa shape index (κ2) is 6.03. The standard InChI is InChI=1S/C14H22O3/c1-9(2)13(15)14(16)11-6-5-7-12(8-11)17-10(3)4/h5-10,13-16H,1-4H3. The van der Waals surface area contributed by atoms with Crippen LogP contribution in [0.3, 0.4) is 0 Å². The third-order valence-electron chi connectivity index (χ3n) is 2.58. The van der Waals surface area contributed by atoms with Gasteiger partial charge < -0.3 is 14.9 Å². The van der Waals surface area contributed by atoms with E-state index in [4.69, 9.17) is 4.74 Å². The van der Waals surface area contributed by atoms with Crippen LogP contribution in [0, 0.1) is 5.92 Å². The maximum absolute atomic E-state index is 10.0. The van der Waals surface area contributed by atoms with Crippen LogP contribution in [-0.2, 0) is 0 Å². The average molecular weight is 238 g/mol. The van der Waals surface area contributed by atoms with Gasteiger partial charge in [-0.2, -0.15) is 0 Å². The first-order valence-corrected chi connectivity index (χ1v) is 6.04. The Morgan fingerprint density at radius 1 is 1.06 bits per heavy atom. The van der Waals surface area contributed by atoms with E-state index >= 15 is 0 Å². The molecule has 1 rings (SSSR count). The second-order valence-corrected chi connectivity index (χ2v) is 4.92. The average Bonchev–Trinajstić information content (AvgIpc) is 2.26. The van der Waals surface area contributed by atoms with E-state index in [1.54, 1.807) is 12.1 Å². The van der Waals surface area contributed by atoms with Gasteiger partial charge in [0.15, 0.2) is 0 Å². The highest BCUT2D eigenvalue weighted by Gasteiger charge is 2.21. The summed E-state index contributed by atoms with van der Waals surface area (Å²) >= 11 is 0. The van der Waals surface area contributed by atoms with Crippen LogP contribution >= 0.6 is 0 Å². The minimum atomic E-state index is -0.870. The molecule has 0 aromatic heterocycles. The number of rotatable bonds is 5. The summed E-state index contributed by atoms with van der Waals surface area (Å²) in [5.41, 5.74) is 0.685. The summed E-state index contributed by atoms with van der Waals surface area (Å²) < 4.78 is 5.55. The molecule has 0 aliphatic carbocycles. The van der Waals surface area contributed by atoms with Crippen molar-refractivity contribution in [2.45, 2.75) is 46.0 Å². The maximum Gasteiger partial charge on any atom is 0.120 e. The highest BCUT2D eigenvalue weighted by atomic mass is 16.5. The van der Waals surface area contributed by atoms with Gasteiger partial charge in [-0.1, -0.05) is 26.0 Å². The third-order valence-corrected chi connectivity index (χ3v) is 2.58. The summed E-state index contributed by atoms with van der Waals surface area (Å²) in [6, 6.07) is 7.24. The molecule has 0 radical (unpaired) electrons. The first-order valence-electron chi connectivity index (χ1n) is 6.04. The van der Waals surface area contributed by atoms with Gasteiger partial charge in [-0.25, -0.2) is 0 Å². The Hall–Kier alpha value is -1.06. The minimum Gasteiger partial charge on any atom is -0.491 e. The fourth-order valence-corrected chi connectivity index (χ4v) is 1.61. The van der Waals surface area contributed by atoms with E-state index < -0.39 is 12.2 Å². The molecule has 0 saturated carbocycles. The fraction of sp³-hybridized carbons (Fsp3) is 0.571. The number of hydrogen-bond donors (Lipinski definition) is 2. The van der Waals surface area contributed by atoms with Gasteiger partial charge in [-0.05, 0) is 37.5 Å². The molecule has 96 valence electrons. The predicted octanol–water partition coefficient (Wildman–Crippen LogP) is 2.52.